The maximum Gasteiger partial charge on any atom is 0.360 e. The van der Waals surface area contributed by atoms with E-state index in [-0.39, 0.29) is 17.3 Å². The molecule has 0 aliphatic rings. The Kier molecular flexibility index (Phi) is 3.03. The summed E-state index contributed by atoms with van der Waals surface area (Å²) in [5.74, 6) is -0.506. The molecule has 3 heterocycles. The second kappa shape index (κ2) is 5.00. The molecule has 0 fully saturated rings. The van der Waals surface area contributed by atoms with Gasteiger partial charge in [0.2, 0.25) is 11.6 Å². The second-order valence-corrected chi connectivity index (χ2v) is 3.90. The smallest absolute Gasteiger partial charge is 0.360 e. The highest BCUT2D eigenvalue weighted by Crippen LogP contribution is 2.25. The van der Waals surface area contributed by atoms with Gasteiger partial charge in [-0.05, 0) is 22.4 Å². The molecule has 2 N–H and O–H groups in total. The van der Waals surface area contributed by atoms with E-state index < -0.39 is 5.97 Å². The number of nitrogens with two attached hydrogens (primary N) is 1. The number of methoxy groups -OCH3 is 1. The Labute approximate surface area is 117 Å². The molecule has 0 amide bonds. The molecule has 0 unspecified atom stereocenters. The molecule has 106 valence electrons. The van der Waals surface area contributed by atoms with Gasteiger partial charge in [0.25, 0.3) is 0 Å². The van der Waals surface area contributed by atoms with Gasteiger partial charge in [0, 0.05) is 18.0 Å². The van der Waals surface area contributed by atoms with Crippen LogP contribution >= 0.6 is 0 Å². The number of ether oxygens (including phenoxy) is 1. The fourth-order valence-corrected chi connectivity index (χ4v) is 1.76. The van der Waals surface area contributed by atoms with E-state index in [0.717, 1.165) is 0 Å². The average Bonchev–Trinajstić information content (AvgIpc) is 3.13. The SMILES string of the molecule is COC(=O)c1nnn(-c2nonc2N)c1-c1cccnc1. The van der Waals surface area contributed by atoms with E-state index in [9.17, 15) is 4.79 Å². The fourth-order valence-electron chi connectivity index (χ4n) is 1.76. The minimum absolute atomic E-state index is 0.00731. The summed E-state index contributed by atoms with van der Waals surface area (Å²) in [5.41, 5.74) is 6.58. The van der Waals surface area contributed by atoms with Crippen molar-refractivity contribution < 1.29 is 14.2 Å². The highest BCUT2D eigenvalue weighted by Gasteiger charge is 2.25. The first kappa shape index (κ1) is 12.7. The summed E-state index contributed by atoms with van der Waals surface area (Å²) in [6.45, 7) is 0. The quantitative estimate of drug-likeness (QED) is 0.664. The van der Waals surface area contributed by atoms with E-state index in [1.807, 2.05) is 0 Å². The van der Waals surface area contributed by atoms with Crippen LogP contribution in [0, 0.1) is 0 Å². The van der Waals surface area contributed by atoms with Crippen LogP contribution in [0.15, 0.2) is 29.2 Å². The van der Waals surface area contributed by atoms with Crippen LogP contribution in [-0.4, -0.2) is 43.4 Å². The lowest BCUT2D eigenvalue weighted by Gasteiger charge is -2.04. The number of hydrogen-bond acceptors (Lipinski definition) is 9. The molecular weight excluding hydrogens is 278 g/mol. The molecule has 3 aromatic heterocycles. The Morgan fingerprint density at radius 2 is 2.29 bits per heavy atom. The van der Waals surface area contributed by atoms with Crippen LogP contribution in [0.2, 0.25) is 0 Å². The number of hydrogen-bond donors (Lipinski definition) is 1. The van der Waals surface area contributed by atoms with E-state index in [1.165, 1.54) is 11.8 Å². The molecular formula is C11H9N7O3. The number of pyridine rings is 1. The van der Waals surface area contributed by atoms with Gasteiger partial charge in [0.15, 0.2) is 5.69 Å². The normalized spacial score (nSPS) is 10.5. The third-order valence-corrected chi connectivity index (χ3v) is 2.68. The molecule has 3 rings (SSSR count). The highest BCUT2D eigenvalue weighted by molar-refractivity contribution is 5.94. The summed E-state index contributed by atoms with van der Waals surface area (Å²) in [4.78, 5) is 15.8. The van der Waals surface area contributed by atoms with E-state index in [0.29, 0.717) is 11.3 Å². The molecule has 0 radical (unpaired) electrons. The van der Waals surface area contributed by atoms with Crippen molar-refractivity contribution in [1.82, 2.24) is 30.3 Å². The number of esters is 1. The summed E-state index contributed by atoms with van der Waals surface area (Å²) >= 11 is 0. The zero-order chi connectivity index (χ0) is 14.8. The first-order valence-electron chi connectivity index (χ1n) is 5.75. The number of anilines is 1. The van der Waals surface area contributed by atoms with Crippen LogP contribution in [-0.2, 0) is 4.74 Å². The molecule has 0 aliphatic carbocycles. The number of aromatic nitrogens is 6. The number of nitrogens with zero attached hydrogens (tertiary/aromatic N) is 6. The number of carbonyl (C=O) groups is 1. The molecule has 10 nitrogen and oxygen atoms in total. The molecule has 0 aliphatic heterocycles. The van der Waals surface area contributed by atoms with Crippen LogP contribution in [0.25, 0.3) is 17.1 Å². The molecule has 0 saturated heterocycles. The Morgan fingerprint density at radius 3 is 2.90 bits per heavy atom. The first-order chi connectivity index (χ1) is 10.2. The minimum atomic E-state index is -0.643. The second-order valence-electron chi connectivity index (χ2n) is 3.90. The summed E-state index contributed by atoms with van der Waals surface area (Å²) in [6, 6.07) is 3.44. The number of rotatable bonds is 3. The zero-order valence-corrected chi connectivity index (χ0v) is 10.8. The number of nitrogen functional groups attached to an aromatic ring is 1. The van der Waals surface area contributed by atoms with Crippen molar-refractivity contribution in [2.75, 3.05) is 12.8 Å². The molecule has 0 saturated carbocycles. The average molecular weight is 287 g/mol. The Bertz CT molecular complexity index is 780. The number of carbonyl (C=O) groups excluding carboxylic acids is 1. The summed E-state index contributed by atoms with van der Waals surface area (Å²) in [7, 11) is 1.25. The van der Waals surface area contributed by atoms with E-state index in [4.69, 9.17) is 10.5 Å². The predicted molar refractivity (Wildman–Crippen MR) is 68.2 cm³/mol. The first-order valence-corrected chi connectivity index (χ1v) is 5.75. The Morgan fingerprint density at radius 1 is 1.43 bits per heavy atom. The lowest BCUT2D eigenvalue weighted by molar-refractivity contribution is 0.0595. The van der Waals surface area contributed by atoms with E-state index >= 15 is 0 Å². The fraction of sp³-hybridized carbons (Fsp3) is 0.0909. The maximum atomic E-state index is 11.8. The van der Waals surface area contributed by atoms with Crippen molar-refractivity contribution >= 4 is 11.8 Å². The van der Waals surface area contributed by atoms with E-state index in [2.05, 4.69) is 30.2 Å². The summed E-state index contributed by atoms with van der Waals surface area (Å²) in [5, 5.41) is 14.8. The van der Waals surface area contributed by atoms with Crippen LogP contribution in [0.5, 0.6) is 0 Å². The van der Waals surface area contributed by atoms with Crippen LogP contribution in [0.1, 0.15) is 10.5 Å². The third kappa shape index (κ3) is 2.08. The van der Waals surface area contributed by atoms with Gasteiger partial charge in [0.1, 0.15) is 5.69 Å². The minimum Gasteiger partial charge on any atom is -0.464 e. The van der Waals surface area contributed by atoms with Gasteiger partial charge >= 0.3 is 5.97 Å². The monoisotopic (exact) mass is 287 g/mol. The molecule has 10 heteroatoms. The molecule has 0 bridgehead atoms. The summed E-state index contributed by atoms with van der Waals surface area (Å²) < 4.78 is 10.5. The zero-order valence-electron chi connectivity index (χ0n) is 10.8. The van der Waals surface area contributed by atoms with Crippen molar-refractivity contribution in [3.63, 3.8) is 0 Å². The standard InChI is InChI=1S/C11H9N7O3/c1-20-11(19)7-8(6-3-2-4-13-5-6)18(17-14-7)10-9(12)15-21-16-10/h2-5H,1H3,(H2,12,15). The maximum absolute atomic E-state index is 11.8. The lowest BCUT2D eigenvalue weighted by Crippen LogP contribution is -2.07. The Balaban J connectivity index is 2.25. The lowest BCUT2D eigenvalue weighted by atomic mass is 10.1. The molecule has 21 heavy (non-hydrogen) atoms. The van der Waals surface area contributed by atoms with Crippen LogP contribution in [0.4, 0.5) is 5.82 Å². The molecule has 0 atom stereocenters. The van der Waals surface area contributed by atoms with Crippen molar-refractivity contribution in [1.29, 1.82) is 0 Å². The predicted octanol–water partition coefficient (Wildman–Crippen LogP) is 0.0811. The van der Waals surface area contributed by atoms with Gasteiger partial charge in [-0.25, -0.2) is 9.42 Å². The van der Waals surface area contributed by atoms with Gasteiger partial charge in [-0.15, -0.1) is 5.10 Å². The largest absolute Gasteiger partial charge is 0.464 e. The van der Waals surface area contributed by atoms with Gasteiger partial charge < -0.3 is 10.5 Å². The molecule has 0 aromatic carbocycles. The van der Waals surface area contributed by atoms with Crippen molar-refractivity contribution in [3.05, 3.63) is 30.2 Å². The highest BCUT2D eigenvalue weighted by atomic mass is 16.6. The van der Waals surface area contributed by atoms with Crippen molar-refractivity contribution in [2.24, 2.45) is 0 Å². The van der Waals surface area contributed by atoms with Crippen molar-refractivity contribution in [2.45, 2.75) is 0 Å². The summed E-state index contributed by atoms with van der Waals surface area (Å²) in [6.07, 6.45) is 3.15. The van der Waals surface area contributed by atoms with Gasteiger partial charge in [0.05, 0.1) is 7.11 Å². The van der Waals surface area contributed by atoms with Crippen LogP contribution < -0.4 is 5.73 Å². The molecule has 0 spiro atoms. The van der Waals surface area contributed by atoms with Gasteiger partial charge in [-0.2, -0.15) is 4.68 Å². The van der Waals surface area contributed by atoms with Crippen molar-refractivity contribution in [3.8, 4) is 17.1 Å². The van der Waals surface area contributed by atoms with Gasteiger partial charge in [-0.3, -0.25) is 4.98 Å². The molecule has 3 aromatic rings. The van der Waals surface area contributed by atoms with Crippen LogP contribution in [0.3, 0.4) is 0 Å². The Hall–Kier alpha value is -3.30. The van der Waals surface area contributed by atoms with E-state index in [1.54, 1.807) is 24.5 Å². The third-order valence-electron chi connectivity index (χ3n) is 2.68. The van der Waals surface area contributed by atoms with Gasteiger partial charge in [-0.1, -0.05) is 5.21 Å². The topological polar surface area (TPSA) is 135 Å².